The molecule has 0 heteroatoms. The van der Waals surface area contributed by atoms with Crippen LogP contribution in [0.2, 0.25) is 0 Å². The molecule has 0 atom stereocenters. The van der Waals surface area contributed by atoms with E-state index in [9.17, 15) is 0 Å². The van der Waals surface area contributed by atoms with E-state index in [1.807, 2.05) is 0 Å². The molecule has 84 valence electrons. The SMILES string of the molecule is c1ccc2ccc3c4ccccc4cc3c2cc1. The van der Waals surface area contributed by atoms with Crippen molar-refractivity contribution in [3.05, 3.63) is 72.8 Å². The second-order valence-corrected chi connectivity index (χ2v) is 4.67. The summed E-state index contributed by atoms with van der Waals surface area (Å²) in [5.74, 6) is 0. The first-order chi connectivity index (χ1) is 8.93. The molecule has 0 fully saturated rings. The van der Waals surface area contributed by atoms with Crippen LogP contribution < -0.4 is 0 Å². The molecule has 0 unspecified atom stereocenters. The maximum Gasteiger partial charge on any atom is -0.00930 e. The molecule has 0 aliphatic rings. The van der Waals surface area contributed by atoms with Crippen molar-refractivity contribution in [1.29, 1.82) is 0 Å². The molecule has 0 saturated heterocycles. The van der Waals surface area contributed by atoms with E-state index in [2.05, 4.69) is 72.8 Å². The Morgan fingerprint density at radius 3 is 2.00 bits per heavy atom. The fourth-order valence-corrected chi connectivity index (χ4v) is 2.77. The lowest BCUT2D eigenvalue weighted by Gasteiger charge is -1.96. The molecule has 4 aromatic rings. The van der Waals surface area contributed by atoms with Gasteiger partial charge in [0.2, 0.25) is 0 Å². The Balaban J connectivity index is 2.33. The minimum Gasteiger partial charge on any atom is -0.0622 e. The highest BCUT2D eigenvalue weighted by atomic mass is 14.1. The molecule has 0 bridgehead atoms. The van der Waals surface area contributed by atoms with Crippen molar-refractivity contribution in [2.45, 2.75) is 0 Å². The van der Waals surface area contributed by atoms with Crippen LogP contribution in [0, 0.1) is 0 Å². The van der Waals surface area contributed by atoms with Gasteiger partial charge in [-0.15, -0.1) is 0 Å². The average Bonchev–Trinajstić information content (AvgIpc) is 2.62. The van der Waals surface area contributed by atoms with Gasteiger partial charge in [0.25, 0.3) is 0 Å². The normalized spacial score (nSPS) is 11.3. The Labute approximate surface area is 105 Å². The maximum atomic E-state index is 2.30. The summed E-state index contributed by atoms with van der Waals surface area (Å²) in [5, 5.41) is 8.00. The fourth-order valence-electron chi connectivity index (χ4n) is 2.77. The molecule has 0 N–H and O–H groups in total. The third-order valence-corrected chi connectivity index (χ3v) is 3.63. The van der Waals surface area contributed by atoms with Gasteiger partial charge in [0.05, 0.1) is 0 Å². The Morgan fingerprint density at radius 2 is 1.06 bits per heavy atom. The fraction of sp³-hybridized carbons (Fsp3) is 0. The van der Waals surface area contributed by atoms with E-state index in [0.717, 1.165) is 0 Å². The minimum atomic E-state index is 1.29. The summed E-state index contributed by atoms with van der Waals surface area (Å²) in [7, 11) is 0. The van der Waals surface area contributed by atoms with E-state index in [-0.39, 0.29) is 0 Å². The van der Waals surface area contributed by atoms with E-state index >= 15 is 0 Å². The molecule has 0 heterocycles. The number of rotatable bonds is 0. The topological polar surface area (TPSA) is 0 Å². The standard InChI is InChI=1S/C18H12/c1-2-6-13-10-11-17-16-9-5-4-7-14(16)12-18(17)15(13)8-3-1/h1-12H. The second kappa shape index (κ2) is 3.58. The molecule has 0 radical (unpaired) electrons. The number of fused-ring (bicyclic) bond motifs is 5. The molecule has 4 rings (SSSR count). The van der Waals surface area contributed by atoms with Gasteiger partial charge in [0.1, 0.15) is 0 Å². The molecule has 0 saturated carbocycles. The lowest BCUT2D eigenvalue weighted by atomic mass is 10.1. The number of hydrogen-bond donors (Lipinski definition) is 0. The van der Waals surface area contributed by atoms with Crippen LogP contribution in [0.15, 0.2) is 72.8 Å². The Hall–Kier alpha value is -2.34. The molecule has 18 heavy (non-hydrogen) atoms. The zero-order valence-corrected chi connectivity index (χ0v) is 9.93. The Bertz CT molecular complexity index is 872. The summed E-state index contributed by atoms with van der Waals surface area (Å²) in [4.78, 5) is 0. The van der Waals surface area contributed by atoms with E-state index in [0.29, 0.717) is 0 Å². The van der Waals surface area contributed by atoms with Crippen molar-refractivity contribution in [3.8, 4) is 0 Å². The van der Waals surface area contributed by atoms with Gasteiger partial charge < -0.3 is 0 Å². The van der Waals surface area contributed by atoms with Gasteiger partial charge in [-0.3, -0.25) is 0 Å². The summed E-state index contributed by atoms with van der Waals surface area (Å²) in [6, 6.07) is 26.0. The van der Waals surface area contributed by atoms with Crippen molar-refractivity contribution in [1.82, 2.24) is 0 Å². The minimum absolute atomic E-state index is 1.29. The predicted molar refractivity (Wildman–Crippen MR) is 79.0 cm³/mol. The lowest BCUT2D eigenvalue weighted by Crippen LogP contribution is -1.69. The van der Waals surface area contributed by atoms with Crippen molar-refractivity contribution < 1.29 is 0 Å². The third kappa shape index (κ3) is 1.26. The molecule has 0 aromatic heterocycles. The van der Waals surface area contributed by atoms with Gasteiger partial charge >= 0.3 is 0 Å². The highest BCUT2D eigenvalue weighted by molar-refractivity contribution is 6.20. The quantitative estimate of drug-likeness (QED) is 0.390. The van der Waals surface area contributed by atoms with Crippen molar-refractivity contribution in [2.24, 2.45) is 0 Å². The van der Waals surface area contributed by atoms with E-state index in [1.165, 1.54) is 32.3 Å². The molecule has 0 nitrogen and oxygen atoms in total. The van der Waals surface area contributed by atoms with Gasteiger partial charge in [0.15, 0.2) is 0 Å². The molecule has 0 aliphatic heterocycles. The van der Waals surface area contributed by atoms with E-state index in [1.54, 1.807) is 0 Å². The summed E-state index contributed by atoms with van der Waals surface area (Å²) in [5.41, 5.74) is 0. The van der Waals surface area contributed by atoms with Gasteiger partial charge in [0, 0.05) is 0 Å². The van der Waals surface area contributed by atoms with Crippen LogP contribution in [0.25, 0.3) is 32.3 Å². The first kappa shape index (κ1) is 9.67. The van der Waals surface area contributed by atoms with Crippen LogP contribution in [0.5, 0.6) is 0 Å². The third-order valence-electron chi connectivity index (χ3n) is 3.63. The lowest BCUT2D eigenvalue weighted by molar-refractivity contribution is 1.85. The molecular weight excluding hydrogens is 216 g/mol. The van der Waals surface area contributed by atoms with Gasteiger partial charge in [-0.25, -0.2) is 0 Å². The smallest absolute Gasteiger partial charge is 0.00930 e. The van der Waals surface area contributed by atoms with Gasteiger partial charge in [-0.1, -0.05) is 66.7 Å². The van der Waals surface area contributed by atoms with Gasteiger partial charge in [-0.05, 0) is 38.4 Å². The second-order valence-electron chi connectivity index (χ2n) is 4.67. The Morgan fingerprint density at radius 1 is 0.389 bits per heavy atom. The van der Waals surface area contributed by atoms with Crippen LogP contribution >= 0.6 is 0 Å². The van der Waals surface area contributed by atoms with E-state index < -0.39 is 0 Å². The molecule has 4 aromatic carbocycles. The highest BCUT2D eigenvalue weighted by Crippen LogP contribution is 2.33. The van der Waals surface area contributed by atoms with Crippen LogP contribution in [-0.2, 0) is 0 Å². The van der Waals surface area contributed by atoms with Crippen molar-refractivity contribution in [2.75, 3.05) is 0 Å². The van der Waals surface area contributed by atoms with Crippen LogP contribution in [0.1, 0.15) is 0 Å². The summed E-state index contributed by atoms with van der Waals surface area (Å²) in [6.45, 7) is 0. The largest absolute Gasteiger partial charge is 0.0622 e. The molecule has 0 aliphatic carbocycles. The molecule has 0 spiro atoms. The van der Waals surface area contributed by atoms with Crippen LogP contribution in [0.4, 0.5) is 0 Å². The van der Waals surface area contributed by atoms with Gasteiger partial charge in [-0.2, -0.15) is 0 Å². The number of benzene rings is 2. The maximum absolute atomic E-state index is 2.30. The van der Waals surface area contributed by atoms with Crippen molar-refractivity contribution >= 4 is 32.3 Å². The monoisotopic (exact) mass is 228 g/mol. The van der Waals surface area contributed by atoms with Crippen LogP contribution in [0.3, 0.4) is 0 Å². The highest BCUT2D eigenvalue weighted by Gasteiger charge is 2.05. The summed E-state index contributed by atoms with van der Waals surface area (Å²) < 4.78 is 0. The first-order valence-electron chi connectivity index (χ1n) is 6.23. The predicted octanol–water partition coefficient (Wildman–Crippen LogP) is 5.15. The van der Waals surface area contributed by atoms with E-state index in [4.69, 9.17) is 0 Å². The molecule has 0 amide bonds. The van der Waals surface area contributed by atoms with Crippen molar-refractivity contribution in [3.63, 3.8) is 0 Å². The van der Waals surface area contributed by atoms with Crippen LogP contribution in [-0.4, -0.2) is 0 Å². The number of hydrogen-bond acceptors (Lipinski definition) is 0. The zero-order valence-electron chi connectivity index (χ0n) is 9.93. The molecular formula is C18H12. The summed E-state index contributed by atoms with van der Waals surface area (Å²) in [6.07, 6.45) is 0. The Kier molecular flexibility index (Phi) is 1.92. The summed E-state index contributed by atoms with van der Waals surface area (Å²) >= 11 is 0. The first-order valence-corrected chi connectivity index (χ1v) is 6.23. The zero-order chi connectivity index (χ0) is 11.9. The average molecular weight is 228 g/mol.